The molecule has 1 fully saturated rings. The van der Waals surface area contributed by atoms with Gasteiger partial charge < -0.3 is 4.57 Å². The van der Waals surface area contributed by atoms with E-state index >= 15 is 0 Å². The molecule has 0 amide bonds. The van der Waals surface area contributed by atoms with Gasteiger partial charge in [0.15, 0.2) is 0 Å². The van der Waals surface area contributed by atoms with Gasteiger partial charge in [0.2, 0.25) is 10.0 Å². The van der Waals surface area contributed by atoms with E-state index in [2.05, 4.69) is 15.5 Å². The molecular formula is C22H28N4O2S. The summed E-state index contributed by atoms with van der Waals surface area (Å²) in [6.07, 6.45) is 0. The SMILES string of the molecule is Cc1cc(C)c(S(=O)(=O)N2CCN(Cc3nc4ccccc4n3C)CC2)c(C)c1. The van der Waals surface area contributed by atoms with E-state index in [1.807, 2.05) is 58.2 Å². The maximum absolute atomic E-state index is 13.3. The highest BCUT2D eigenvalue weighted by atomic mass is 32.2. The predicted molar refractivity (Wildman–Crippen MR) is 115 cm³/mol. The van der Waals surface area contributed by atoms with E-state index in [1.54, 1.807) is 4.31 Å². The second-order valence-corrected chi connectivity index (χ2v) is 9.86. The number of sulfonamides is 1. The summed E-state index contributed by atoms with van der Waals surface area (Å²) >= 11 is 0. The van der Waals surface area contributed by atoms with Crippen molar-refractivity contribution in [1.29, 1.82) is 0 Å². The standard InChI is InChI=1S/C22H28N4O2S/c1-16-13-17(2)22(18(3)14-16)29(27,28)26-11-9-25(10-12-26)15-21-23-19-7-5-6-8-20(19)24(21)4/h5-8,13-14H,9-12,15H2,1-4H3. The van der Waals surface area contributed by atoms with Gasteiger partial charge in [-0.1, -0.05) is 29.8 Å². The molecule has 1 aliphatic rings. The van der Waals surface area contributed by atoms with E-state index in [0.717, 1.165) is 40.1 Å². The van der Waals surface area contributed by atoms with Crippen molar-refractivity contribution in [3.05, 3.63) is 58.9 Å². The molecular weight excluding hydrogens is 384 g/mol. The van der Waals surface area contributed by atoms with Crippen molar-refractivity contribution in [1.82, 2.24) is 18.8 Å². The molecule has 0 saturated carbocycles. The molecule has 0 unspecified atom stereocenters. The van der Waals surface area contributed by atoms with Crippen LogP contribution in [0.25, 0.3) is 11.0 Å². The summed E-state index contributed by atoms with van der Waals surface area (Å²) in [5.41, 5.74) is 4.85. The zero-order valence-corrected chi connectivity index (χ0v) is 18.3. The van der Waals surface area contributed by atoms with E-state index in [-0.39, 0.29) is 0 Å². The third-order valence-corrected chi connectivity index (χ3v) is 7.98. The van der Waals surface area contributed by atoms with Gasteiger partial charge in [-0.15, -0.1) is 0 Å². The zero-order valence-electron chi connectivity index (χ0n) is 17.5. The van der Waals surface area contributed by atoms with Crippen molar-refractivity contribution in [2.75, 3.05) is 26.2 Å². The van der Waals surface area contributed by atoms with Crippen LogP contribution in [0.4, 0.5) is 0 Å². The Bertz CT molecular complexity index is 1140. The summed E-state index contributed by atoms with van der Waals surface area (Å²) in [4.78, 5) is 7.49. The molecule has 1 aromatic heterocycles. The summed E-state index contributed by atoms with van der Waals surface area (Å²) in [6.45, 7) is 8.89. The van der Waals surface area contributed by atoms with Crippen LogP contribution in [0.3, 0.4) is 0 Å². The minimum atomic E-state index is -3.48. The van der Waals surface area contributed by atoms with E-state index in [1.165, 1.54) is 0 Å². The Labute approximate surface area is 172 Å². The number of hydrogen-bond donors (Lipinski definition) is 0. The van der Waals surface area contributed by atoms with Gasteiger partial charge in [0, 0.05) is 33.2 Å². The molecule has 29 heavy (non-hydrogen) atoms. The lowest BCUT2D eigenvalue weighted by Gasteiger charge is -2.34. The Morgan fingerprint density at radius 3 is 2.21 bits per heavy atom. The molecule has 0 bridgehead atoms. The van der Waals surface area contributed by atoms with Gasteiger partial charge in [-0.3, -0.25) is 4.90 Å². The summed E-state index contributed by atoms with van der Waals surface area (Å²) in [7, 11) is -1.44. The molecule has 7 heteroatoms. The average Bonchev–Trinajstić information content (AvgIpc) is 2.97. The van der Waals surface area contributed by atoms with Gasteiger partial charge in [-0.05, 0) is 44.0 Å². The highest BCUT2D eigenvalue weighted by Crippen LogP contribution is 2.26. The summed E-state index contributed by atoms with van der Waals surface area (Å²) in [5.74, 6) is 1.01. The Morgan fingerprint density at radius 1 is 0.966 bits per heavy atom. The average molecular weight is 413 g/mol. The molecule has 0 aliphatic carbocycles. The molecule has 0 spiro atoms. The van der Waals surface area contributed by atoms with Crippen molar-refractivity contribution in [3.63, 3.8) is 0 Å². The van der Waals surface area contributed by atoms with Crippen LogP contribution in [0.2, 0.25) is 0 Å². The lowest BCUT2D eigenvalue weighted by Crippen LogP contribution is -2.48. The molecule has 4 rings (SSSR count). The van der Waals surface area contributed by atoms with Gasteiger partial charge in [-0.25, -0.2) is 13.4 Å². The second-order valence-electron chi connectivity index (χ2n) is 7.98. The Kier molecular flexibility index (Phi) is 5.23. The normalized spacial score (nSPS) is 16.6. The number of aromatic nitrogens is 2. The van der Waals surface area contributed by atoms with Gasteiger partial charge in [0.25, 0.3) is 0 Å². The first kappa shape index (κ1) is 20.1. The number of benzene rings is 2. The minimum absolute atomic E-state index is 0.465. The fraction of sp³-hybridized carbons (Fsp3) is 0.409. The third-order valence-electron chi connectivity index (χ3n) is 5.78. The van der Waals surface area contributed by atoms with Crippen molar-refractivity contribution in [2.24, 2.45) is 7.05 Å². The van der Waals surface area contributed by atoms with Crippen molar-refractivity contribution in [2.45, 2.75) is 32.2 Å². The van der Waals surface area contributed by atoms with Gasteiger partial charge in [-0.2, -0.15) is 4.31 Å². The van der Waals surface area contributed by atoms with E-state index in [0.29, 0.717) is 31.1 Å². The summed E-state index contributed by atoms with van der Waals surface area (Å²) in [6, 6.07) is 12.0. The van der Waals surface area contributed by atoms with Crippen LogP contribution in [0.5, 0.6) is 0 Å². The molecule has 1 aliphatic heterocycles. The molecule has 6 nitrogen and oxygen atoms in total. The third kappa shape index (κ3) is 3.70. The summed E-state index contributed by atoms with van der Waals surface area (Å²) < 4.78 is 30.3. The fourth-order valence-electron chi connectivity index (χ4n) is 4.37. The maximum Gasteiger partial charge on any atom is 0.243 e. The molecule has 154 valence electrons. The van der Waals surface area contributed by atoms with Crippen LogP contribution in [0.15, 0.2) is 41.3 Å². The molecule has 2 aromatic carbocycles. The number of imidazole rings is 1. The number of rotatable bonds is 4. The van der Waals surface area contributed by atoms with Gasteiger partial charge in [0.05, 0.1) is 22.5 Å². The Hall–Kier alpha value is -2.22. The first-order valence-electron chi connectivity index (χ1n) is 9.98. The predicted octanol–water partition coefficient (Wildman–Crippen LogP) is 3.01. The quantitative estimate of drug-likeness (QED) is 0.661. The van der Waals surface area contributed by atoms with E-state index in [9.17, 15) is 8.42 Å². The zero-order chi connectivity index (χ0) is 20.8. The number of fused-ring (bicyclic) bond motifs is 1. The van der Waals surface area contributed by atoms with Crippen LogP contribution < -0.4 is 0 Å². The number of hydrogen-bond acceptors (Lipinski definition) is 4. The van der Waals surface area contributed by atoms with E-state index < -0.39 is 10.0 Å². The Morgan fingerprint density at radius 2 is 1.59 bits per heavy atom. The molecule has 1 saturated heterocycles. The van der Waals surface area contributed by atoms with Gasteiger partial charge in [0.1, 0.15) is 5.82 Å². The number of nitrogens with zero attached hydrogens (tertiary/aromatic N) is 4. The molecule has 3 aromatic rings. The number of aryl methyl sites for hydroxylation is 4. The molecule has 0 radical (unpaired) electrons. The molecule has 2 heterocycles. The molecule has 0 atom stereocenters. The van der Waals surface area contributed by atoms with Crippen molar-refractivity contribution < 1.29 is 8.42 Å². The number of piperazine rings is 1. The van der Waals surface area contributed by atoms with Crippen molar-refractivity contribution >= 4 is 21.1 Å². The van der Waals surface area contributed by atoms with E-state index in [4.69, 9.17) is 4.98 Å². The van der Waals surface area contributed by atoms with Crippen molar-refractivity contribution in [3.8, 4) is 0 Å². The first-order valence-corrected chi connectivity index (χ1v) is 11.4. The van der Waals surface area contributed by atoms with Crippen LogP contribution in [-0.4, -0.2) is 53.4 Å². The lowest BCUT2D eigenvalue weighted by molar-refractivity contribution is 0.177. The second kappa shape index (κ2) is 7.55. The van der Waals surface area contributed by atoms with Crippen LogP contribution in [0.1, 0.15) is 22.5 Å². The molecule has 0 N–H and O–H groups in total. The summed E-state index contributed by atoms with van der Waals surface area (Å²) in [5, 5.41) is 0. The highest BCUT2D eigenvalue weighted by Gasteiger charge is 2.31. The minimum Gasteiger partial charge on any atom is -0.330 e. The highest BCUT2D eigenvalue weighted by molar-refractivity contribution is 7.89. The lowest BCUT2D eigenvalue weighted by atomic mass is 10.1. The smallest absolute Gasteiger partial charge is 0.243 e. The maximum atomic E-state index is 13.3. The number of para-hydroxylation sites is 2. The fourth-order valence-corrected chi connectivity index (χ4v) is 6.20. The van der Waals surface area contributed by atoms with Crippen LogP contribution in [0, 0.1) is 20.8 Å². The van der Waals surface area contributed by atoms with Gasteiger partial charge >= 0.3 is 0 Å². The van der Waals surface area contributed by atoms with Crippen LogP contribution >= 0.6 is 0 Å². The monoisotopic (exact) mass is 412 g/mol. The van der Waals surface area contributed by atoms with Crippen LogP contribution in [-0.2, 0) is 23.6 Å². The Balaban J connectivity index is 1.48. The first-order chi connectivity index (χ1) is 13.8. The topological polar surface area (TPSA) is 58.4 Å². The largest absolute Gasteiger partial charge is 0.330 e.